The van der Waals surface area contributed by atoms with Crippen molar-refractivity contribution in [2.24, 2.45) is 5.73 Å². The second-order valence-corrected chi connectivity index (χ2v) is 9.68. The van der Waals surface area contributed by atoms with Crippen molar-refractivity contribution in [3.63, 3.8) is 0 Å². The Bertz CT molecular complexity index is 1650. The van der Waals surface area contributed by atoms with Crippen LogP contribution >= 0.6 is 0 Å². The molecule has 5 rings (SSSR count). The molecule has 3 N–H and O–H groups in total. The number of hydrogen-bond acceptors (Lipinski definition) is 4. The van der Waals surface area contributed by atoms with Gasteiger partial charge in [0.2, 0.25) is 5.89 Å². The first-order chi connectivity index (χ1) is 18.4. The normalized spacial score (nSPS) is 10.8. The topological polar surface area (TPSA) is 81.2 Å². The maximum atomic E-state index is 12.8. The number of fused-ring (bicyclic) bond motifs is 1. The zero-order chi connectivity index (χ0) is 26.6. The standard InChI is InChI=1S/C33H29N3O2/c1-21(2)29-18-24(16-17-34)19-30-31(29)38-33(36-30)28-14-12-27(13-15-28)32(37)35-20-23-6-10-26(11-7-23)25-8-4-22(3)5-9-25/h4-15,18-19,21H,20,34H2,1-3H3,(H,35,37). The van der Waals surface area contributed by atoms with E-state index in [1.54, 1.807) is 12.1 Å². The van der Waals surface area contributed by atoms with Gasteiger partial charge in [0.05, 0.1) is 0 Å². The molecule has 0 aliphatic heterocycles. The van der Waals surface area contributed by atoms with Gasteiger partial charge in [-0.1, -0.05) is 67.9 Å². The Morgan fingerprint density at radius 3 is 2.18 bits per heavy atom. The summed E-state index contributed by atoms with van der Waals surface area (Å²) in [6.07, 6.45) is 0. The van der Waals surface area contributed by atoms with Crippen molar-refractivity contribution >= 4 is 17.0 Å². The molecule has 1 aromatic heterocycles. The number of oxazole rings is 1. The Labute approximate surface area is 222 Å². The number of hydrogen-bond donors (Lipinski definition) is 2. The fraction of sp³-hybridized carbons (Fsp3) is 0.152. The van der Waals surface area contributed by atoms with Crippen molar-refractivity contribution in [1.29, 1.82) is 0 Å². The van der Waals surface area contributed by atoms with E-state index in [0.717, 1.165) is 38.9 Å². The Kier molecular flexibility index (Phi) is 6.97. The lowest BCUT2D eigenvalue weighted by molar-refractivity contribution is 0.0951. The third kappa shape index (κ3) is 5.30. The van der Waals surface area contributed by atoms with E-state index in [0.29, 0.717) is 18.0 Å². The van der Waals surface area contributed by atoms with Gasteiger partial charge < -0.3 is 15.5 Å². The highest BCUT2D eigenvalue weighted by molar-refractivity contribution is 5.94. The van der Waals surface area contributed by atoms with Crippen molar-refractivity contribution in [1.82, 2.24) is 10.3 Å². The molecule has 5 aromatic rings. The first-order valence-corrected chi connectivity index (χ1v) is 12.6. The van der Waals surface area contributed by atoms with Gasteiger partial charge in [0.15, 0.2) is 5.58 Å². The average Bonchev–Trinajstić information content (AvgIpc) is 3.36. The van der Waals surface area contributed by atoms with Gasteiger partial charge in [-0.3, -0.25) is 4.79 Å². The van der Waals surface area contributed by atoms with Crippen LogP contribution < -0.4 is 11.1 Å². The number of nitrogens with one attached hydrogen (secondary N) is 1. The van der Waals surface area contributed by atoms with E-state index in [-0.39, 0.29) is 11.8 Å². The van der Waals surface area contributed by atoms with Crippen molar-refractivity contribution in [3.8, 4) is 34.5 Å². The van der Waals surface area contributed by atoms with Crippen LogP contribution in [0.4, 0.5) is 0 Å². The molecule has 0 unspecified atom stereocenters. The number of rotatable bonds is 6. The molecule has 0 radical (unpaired) electrons. The average molecular weight is 500 g/mol. The number of aryl methyl sites for hydroxylation is 1. The Morgan fingerprint density at radius 2 is 1.55 bits per heavy atom. The van der Waals surface area contributed by atoms with Crippen LogP contribution in [0.1, 0.15) is 52.4 Å². The fourth-order valence-electron chi connectivity index (χ4n) is 4.38. The van der Waals surface area contributed by atoms with Crippen molar-refractivity contribution < 1.29 is 9.21 Å². The van der Waals surface area contributed by atoms with Gasteiger partial charge in [0.25, 0.3) is 5.91 Å². The number of benzene rings is 4. The quantitative estimate of drug-likeness (QED) is 0.199. The number of carbonyl (C=O) groups excluding carboxylic acids is 1. The molecule has 5 nitrogen and oxygen atoms in total. The Hall–Kier alpha value is -4.82. The number of nitrogens with two attached hydrogens (primary N) is 1. The number of carbonyl (C=O) groups is 1. The molecule has 0 spiro atoms. The molecular weight excluding hydrogens is 470 g/mol. The van der Waals surface area contributed by atoms with E-state index in [2.05, 4.69) is 79.4 Å². The van der Waals surface area contributed by atoms with Crippen molar-refractivity contribution in [2.75, 3.05) is 0 Å². The predicted octanol–water partition coefficient (Wildman–Crippen LogP) is 6.79. The minimum absolute atomic E-state index is 0.135. The summed E-state index contributed by atoms with van der Waals surface area (Å²) in [6, 6.07) is 30.3. The summed E-state index contributed by atoms with van der Waals surface area (Å²) >= 11 is 0. The van der Waals surface area contributed by atoms with E-state index < -0.39 is 0 Å². The van der Waals surface area contributed by atoms with Gasteiger partial charge in [-0.2, -0.15) is 0 Å². The maximum Gasteiger partial charge on any atom is 0.251 e. The highest BCUT2D eigenvalue weighted by atomic mass is 16.3. The molecule has 0 saturated carbocycles. The van der Waals surface area contributed by atoms with Crippen LogP contribution in [0.3, 0.4) is 0 Å². The van der Waals surface area contributed by atoms with E-state index in [1.165, 1.54) is 11.1 Å². The van der Waals surface area contributed by atoms with Crippen LogP contribution in [0, 0.1) is 18.9 Å². The van der Waals surface area contributed by atoms with Crippen molar-refractivity contribution in [2.45, 2.75) is 33.2 Å². The van der Waals surface area contributed by atoms with Crippen LogP contribution in [0.2, 0.25) is 0 Å². The molecule has 38 heavy (non-hydrogen) atoms. The van der Waals surface area contributed by atoms with Gasteiger partial charge in [0, 0.05) is 34.8 Å². The second-order valence-electron chi connectivity index (χ2n) is 9.68. The van der Waals surface area contributed by atoms with Crippen LogP contribution in [-0.4, -0.2) is 10.9 Å². The van der Waals surface area contributed by atoms with Crippen LogP contribution in [-0.2, 0) is 6.54 Å². The zero-order valence-corrected chi connectivity index (χ0v) is 21.7. The van der Waals surface area contributed by atoms with Crippen LogP contribution in [0.15, 0.2) is 89.3 Å². The van der Waals surface area contributed by atoms with E-state index in [1.807, 2.05) is 36.4 Å². The van der Waals surface area contributed by atoms with Gasteiger partial charge in [-0.05, 0) is 71.9 Å². The molecule has 0 atom stereocenters. The fourth-order valence-corrected chi connectivity index (χ4v) is 4.38. The minimum Gasteiger partial charge on any atom is -0.436 e. The minimum atomic E-state index is -0.135. The second kappa shape index (κ2) is 10.7. The molecule has 0 aliphatic rings. The third-order valence-corrected chi connectivity index (χ3v) is 6.54. The maximum absolute atomic E-state index is 12.8. The molecule has 1 amide bonds. The monoisotopic (exact) mass is 499 g/mol. The molecule has 0 bridgehead atoms. The highest BCUT2D eigenvalue weighted by Crippen LogP contribution is 2.31. The molecule has 0 saturated heterocycles. The Morgan fingerprint density at radius 1 is 0.921 bits per heavy atom. The summed E-state index contributed by atoms with van der Waals surface area (Å²) in [5.74, 6) is 3.50. The van der Waals surface area contributed by atoms with E-state index >= 15 is 0 Å². The van der Waals surface area contributed by atoms with Crippen LogP contribution in [0.25, 0.3) is 33.7 Å². The lowest BCUT2D eigenvalue weighted by Crippen LogP contribution is -2.22. The number of amides is 1. The number of nitrogens with zero attached hydrogens (tertiary/aromatic N) is 1. The summed E-state index contributed by atoms with van der Waals surface area (Å²) in [5, 5.41) is 3.00. The summed E-state index contributed by atoms with van der Waals surface area (Å²) < 4.78 is 6.14. The van der Waals surface area contributed by atoms with Gasteiger partial charge in [-0.15, -0.1) is 0 Å². The van der Waals surface area contributed by atoms with Crippen molar-refractivity contribution in [3.05, 3.63) is 113 Å². The zero-order valence-electron chi connectivity index (χ0n) is 21.7. The Balaban J connectivity index is 1.27. The van der Waals surface area contributed by atoms with Gasteiger partial charge >= 0.3 is 0 Å². The van der Waals surface area contributed by atoms with Gasteiger partial charge in [-0.25, -0.2) is 4.98 Å². The first-order valence-electron chi connectivity index (χ1n) is 12.6. The lowest BCUT2D eigenvalue weighted by atomic mass is 10.00. The molecular formula is C33H29N3O2. The molecule has 188 valence electrons. The molecule has 5 heteroatoms. The summed E-state index contributed by atoms with van der Waals surface area (Å²) in [7, 11) is 0. The molecule has 0 aliphatic carbocycles. The highest BCUT2D eigenvalue weighted by Gasteiger charge is 2.16. The lowest BCUT2D eigenvalue weighted by Gasteiger charge is -2.08. The smallest absolute Gasteiger partial charge is 0.251 e. The molecule has 4 aromatic carbocycles. The first kappa shape index (κ1) is 24.9. The van der Waals surface area contributed by atoms with E-state index in [9.17, 15) is 4.79 Å². The summed E-state index contributed by atoms with van der Waals surface area (Å²) in [4.78, 5) is 17.4. The third-order valence-electron chi connectivity index (χ3n) is 6.54. The molecule has 0 fully saturated rings. The number of aromatic nitrogens is 1. The summed E-state index contributed by atoms with van der Waals surface area (Å²) in [5.41, 5.74) is 14.7. The van der Waals surface area contributed by atoms with Crippen LogP contribution in [0.5, 0.6) is 0 Å². The van der Waals surface area contributed by atoms with Gasteiger partial charge in [0.1, 0.15) is 5.52 Å². The largest absolute Gasteiger partial charge is 0.436 e. The van der Waals surface area contributed by atoms with E-state index in [4.69, 9.17) is 10.2 Å². The predicted molar refractivity (Wildman–Crippen MR) is 152 cm³/mol. The SMILES string of the molecule is Cc1ccc(-c2ccc(CNC(=O)c3ccc(-c4nc5cc(C#CN)cc(C(C)C)c5o4)cc3)cc2)cc1. The molecule has 1 heterocycles. The summed E-state index contributed by atoms with van der Waals surface area (Å²) in [6.45, 7) is 6.73.